The molecule has 6 nitrogen and oxygen atoms in total. The van der Waals surface area contributed by atoms with Crippen LogP contribution < -0.4 is 5.32 Å². The second-order valence-corrected chi connectivity index (χ2v) is 5.09. The van der Waals surface area contributed by atoms with Gasteiger partial charge in [0.25, 0.3) is 0 Å². The minimum Gasteiger partial charge on any atom is -0.324 e. The normalized spacial score (nSPS) is 12.1. The fourth-order valence-corrected chi connectivity index (χ4v) is 1.99. The summed E-state index contributed by atoms with van der Waals surface area (Å²) in [5, 5.41) is 2.52. The van der Waals surface area contributed by atoms with Crippen LogP contribution in [0, 0.1) is 0 Å². The molecule has 0 radical (unpaired) electrons. The third-order valence-corrected chi connectivity index (χ3v) is 3.15. The van der Waals surface area contributed by atoms with Gasteiger partial charge in [-0.05, 0) is 24.3 Å². The van der Waals surface area contributed by atoms with E-state index in [0.717, 1.165) is 30.7 Å². The maximum Gasteiger partial charge on any atom is 0.433 e. The zero-order valence-electron chi connectivity index (χ0n) is 13.0. The number of pyridine rings is 2. The predicted molar refractivity (Wildman–Crippen MR) is 80.6 cm³/mol. The SMILES string of the molecule is FC(F)(F)c1cc(Nc2ncnc(-c3cccc(C(F)(F)F)n3)n2)ccn1. The maximum atomic E-state index is 12.8. The van der Waals surface area contributed by atoms with E-state index in [1.165, 1.54) is 12.1 Å². The van der Waals surface area contributed by atoms with Crippen molar-refractivity contribution in [2.75, 3.05) is 5.32 Å². The van der Waals surface area contributed by atoms with Crippen molar-refractivity contribution in [1.82, 2.24) is 24.9 Å². The second kappa shape index (κ2) is 6.78. The van der Waals surface area contributed by atoms with Gasteiger partial charge in [0.15, 0.2) is 5.82 Å². The highest BCUT2D eigenvalue weighted by Gasteiger charge is 2.33. The van der Waals surface area contributed by atoms with Gasteiger partial charge in [-0.15, -0.1) is 0 Å². The monoisotopic (exact) mass is 386 g/mol. The van der Waals surface area contributed by atoms with Crippen molar-refractivity contribution in [2.45, 2.75) is 12.4 Å². The van der Waals surface area contributed by atoms with Crippen molar-refractivity contribution in [1.29, 1.82) is 0 Å². The molecule has 0 amide bonds. The van der Waals surface area contributed by atoms with Crippen LogP contribution in [0.1, 0.15) is 11.4 Å². The summed E-state index contributed by atoms with van der Waals surface area (Å²) in [5.41, 5.74) is -2.42. The van der Waals surface area contributed by atoms with Crippen LogP contribution in [0.25, 0.3) is 11.5 Å². The Labute approximate surface area is 147 Å². The van der Waals surface area contributed by atoms with E-state index >= 15 is 0 Å². The van der Waals surface area contributed by atoms with Gasteiger partial charge in [-0.1, -0.05) is 6.07 Å². The molecular weight excluding hydrogens is 378 g/mol. The summed E-state index contributed by atoms with van der Waals surface area (Å²) in [6.07, 6.45) is -7.33. The summed E-state index contributed by atoms with van der Waals surface area (Å²) < 4.78 is 76.4. The number of nitrogens with one attached hydrogen (secondary N) is 1. The summed E-state index contributed by atoms with van der Waals surface area (Å²) in [5.74, 6) is -0.345. The second-order valence-electron chi connectivity index (χ2n) is 5.09. The average Bonchev–Trinajstić information content (AvgIpc) is 2.61. The fraction of sp³-hybridized carbons (Fsp3) is 0.133. The van der Waals surface area contributed by atoms with E-state index in [0.29, 0.717) is 0 Å². The molecule has 1 N–H and O–H groups in total. The van der Waals surface area contributed by atoms with Gasteiger partial charge in [-0.2, -0.15) is 31.3 Å². The first kappa shape index (κ1) is 18.5. The van der Waals surface area contributed by atoms with Crippen molar-refractivity contribution in [3.8, 4) is 11.5 Å². The van der Waals surface area contributed by atoms with E-state index in [1.54, 1.807) is 0 Å². The number of hydrogen-bond acceptors (Lipinski definition) is 6. The molecule has 0 aliphatic rings. The quantitative estimate of drug-likeness (QED) is 0.683. The zero-order chi connectivity index (χ0) is 19.7. The first-order chi connectivity index (χ1) is 12.6. The first-order valence-electron chi connectivity index (χ1n) is 7.17. The maximum absolute atomic E-state index is 12.8. The van der Waals surface area contributed by atoms with Crippen LogP contribution in [0.4, 0.5) is 38.0 Å². The number of alkyl halides is 6. The first-order valence-corrected chi connectivity index (χ1v) is 7.17. The Morgan fingerprint density at radius 2 is 1.52 bits per heavy atom. The molecule has 3 aromatic heterocycles. The van der Waals surface area contributed by atoms with Gasteiger partial charge in [0.2, 0.25) is 5.95 Å². The van der Waals surface area contributed by atoms with Crippen molar-refractivity contribution in [2.24, 2.45) is 0 Å². The van der Waals surface area contributed by atoms with Gasteiger partial charge in [0.05, 0.1) is 0 Å². The van der Waals surface area contributed by atoms with Gasteiger partial charge in [0, 0.05) is 11.9 Å². The summed E-state index contributed by atoms with van der Waals surface area (Å²) in [6.45, 7) is 0. The van der Waals surface area contributed by atoms with E-state index in [-0.39, 0.29) is 23.2 Å². The molecule has 0 unspecified atom stereocenters. The highest BCUT2D eigenvalue weighted by molar-refractivity contribution is 5.56. The lowest BCUT2D eigenvalue weighted by Gasteiger charge is -2.10. The third kappa shape index (κ3) is 4.46. The lowest BCUT2D eigenvalue weighted by molar-refractivity contribution is -0.141. The Hall–Kier alpha value is -3.31. The minimum absolute atomic E-state index is 0.00789. The van der Waals surface area contributed by atoms with E-state index in [4.69, 9.17) is 0 Å². The Kier molecular flexibility index (Phi) is 4.64. The molecule has 140 valence electrons. The van der Waals surface area contributed by atoms with Crippen molar-refractivity contribution >= 4 is 11.6 Å². The molecule has 0 bridgehead atoms. The lowest BCUT2D eigenvalue weighted by atomic mass is 10.3. The predicted octanol–water partition coefficient (Wildman–Crippen LogP) is 4.11. The van der Waals surface area contributed by atoms with Crippen LogP contribution in [-0.2, 0) is 12.4 Å². The highest BCUT2D eigenvalue weighted by atomic mass is 19.4. The number of anilines is 2. The topological polar surface area (TPSA) is 76.5 Å². The molecule has 0 spiro atoms. The van der Waals surface area contributed by atoms with Gasteiger partial charge in [0.1, 0.15) is 23.4 Å². The van der Waals surface area contributed by atoms with Crippen LogP contribution in [0.15, 0.2) is 42.9 Å². The molecule has 0 aliphatic heterocycles. The van der Waals surface area contributed by atoms with Crippen LogP contribution in [0.3, 0.4) is 0 Å². The molecule has 0 fully saturated rings. The van der Waals surface area contributed by atoms with Crippen LogP contribution >= 0.6 is 0 Å². The van der Waals surface area contributed by atoms with E-state index in [2.05, 4.69) is 30.2 Å². The lowest BCUT2D eigenvalue weighted by Crippen LogP contribution is -2.09. The van der Waals surface area contributed by atoms with Crippen molar-refractivity contribution in [3.63, 3.8) is 0 Å². The van der Waals surface area contributed by atoms with Gasteiger partial charge < -0.3 is 5.32 Å². The summed E-state index contributed by atoms with van der Waals surface area (Å²) in [4.78, 5) is 18.0. The molecule has 3 rings (SSSR count). The average molecular weight is 386 g/mol. The van der Waals surface area contributed by atoms with Crippen LogP contribution in [0.5, 0.6) is 0 Å². The Balaban J connectivity index is 1.89. The summed E-state index contributed by atoms with van der Waals surface area (Å²) in [6, 6.07) is 5.19. The molecule has 0 atom stereocenters. The number of hydrogen-bond donors (Lipinski definition) is 1. The Morgan fingerprint density at radius 3 is 2.22 bits per heavy atom. The molecule has 0 aromatic carbocycles. The molecule has 3 aromatic rings. The fourth-order valence-electron chi connectivity index (χ4n) is 1.99. The van der Waals surface area contributed by atoms with E-state index < -0.39 is 23.7 Å². The largest absolute Gasteiger partial charge is 0.433 e. The molecule has 12 heteroatoms. The number of rotatable bonds is 3. The molecule has 0 saturated carbocycles. The summed E-state index contributed by atoms with van der Waals surface area (Å²) >= 11 is 0. The van der Waals surface area contributed by atoms with Gasteiger partial charge in [-0.25, -0.2) is 15.0 Å². The molecular formula is C15H8F6N6. The highest BCUT2D eigenvalue weighted by Crippen LogP contribution is 2.30. The van der Waals surface area contributed by atoms with Gasteiger partial charge in [-0.3, -0.25) is 4.98 Å². The Morgan fingerprint density at radius 1 is 0.778 bits per heavy atom. The Bertz CT molecular complexity index is 956. The van der Waals surface area contributed by atoms with Crippen LogP contribution in [0.2, 0.25) is 0 Å². The standard InChI is InChI=1S/C15H8F6N6/c16-14(17,18)10-3-1-2-9(26-10)12-23-7-24-13(27-12)25-8-4-5-22-11(6-8)15(19,20)21/h1-7H,(H,22,23,24,25,27). The number of halogens is 6. The van der Waals surface area contributed by atoms with Crippen molar-refractivity contribution < 1.29 is 26.3 Å². The van der Waals surface area contributed by atoms with E-state index in [1.807, 2.05) is 0 Å². The molecule has 3 heterocycles. The third-order valence-electron chi connectivity index (χ3n) is 3.15. The smallest absolute Gasteiger partial charge is 0.324 e. The van der Waals surface area contributed by atoms with Crippen LogP contribution in [-0.4, -0.2) is 24.9 Å². The zero-order valence-corrected chi connectivity index (χ0v) is 13.0. The molecule has 0 aliphatic carbocycles. The summed E-state index contributed by atoms with van der Waals surface area (Å²) in [7, 11) is 0. The van der Waals surface area contributed by atoms with Gasteiger partial charge >= 0.3 is 12.4 Å². The van der Waals surface area contributed by atoms with E-state index in [9.17, 15) is 26.3 Å². The van der Waals surface area contributed by atoms with Crippen molar-refractivity contribution in [3.05, 3.63) is 54.2 Å². The number of nitrogens with zero attached hydrogens (tertiary/aromatic N) is 5. The number of aromatic nitrogens is 5. The molecule has 0 saturated heterocycles. The molecule has 27 heavy (non-hydrogen) atoms. The minimum atomic E-state index is -4.64.